The van der Waals surface area contributed by atoms with Crippen molar-refractivity contribution in [2.24, 2.45) is 4.99 Å². The normalized spacial score (nSPS) is 16.1. The Labute approximate surface area is 127 Å². The zero-order chi connectivity index (χ0) is 15.7. The molecule has 0 saturated carbocycles. The summed E-state index contributed by atoms with van der Waals surface area (Å²) in [7, 11) is 0. The average molecular weight is 317 g/mol. The molecule has 1 amide bonds. The van der Waals surface area contributed by atoms with Gasteiger partial charge in [0.2, 0.25) is 5.89 Å². The minimum Gasteiger partial charge on any atom is -0.402 e. The van der Waals surface area contributed by atoms with Crippen LogP contribution in [0.2, 0.25) is 0 Å². The largest absolute Gasteiger partial charge is 0.402 e. The highest BCUT2D eigenvalue weighted by atomic mass is 32.2. The van der Waals surface area contributed by atoms with Gasteiger partial charge in [-0.1, -0.05) is 11.7 Å². The van der Waals surface area contributed by atoms with Crippen molar-refractivity contribution in [2.45, 2.75) is 0 Å². The third-order valence-electron chi connectivity index (χ3n) is 2.63. The molecule has 10 heteroatoms. The number of aromatic nitrogens is 2. The number of rotatable bonds is 3. The molecule has 1 saturated heterocycles. The molecule has 9 nitrogen and oxygen atoms in total. The monoisotopic (exact) mass is 317 g/mol. The van der Waals surface area contributed by atoms with E-state index in [1.807, 2.05) is 0 Å². The van der Waals surface area contributed by atoms with Crippen molar-refractivity contribution in [3.63, 3.8) is 0 Å². The fourth-order valence-electron chi connectivity index (χ4n) is 1.60. The first-order chi connectivity index (χ1) is 10.5. The van der Waals surface area contributed by atoms with Crippen LogP contribution in [0.3, 0.4) is 0 Å². The van der Waals surface area contributed by atoms with Gasteiger partial charge in [0, 0.05) is 17.7 Å². The average Bonchev–Trinajstić information content (AvgIpc) is 3.07. The Kier molecular flexibility index (Phi) is 3.43. The van der Waals surface area contributed by atoms with E-state index in [1.165, 1.54) is 24.3 Å². The van der Waals surface area contributed by atoms with Crippen LogP contribution in [0.15, 0.2) is 45.2 Å². The Morgan fingerprint density at radius 1 is 1.32 bits per heavy atom. The number of nitro benzene ring substituents is 1. The number of nitrogens with one attached hydrogen (secondary N) is 1. The van der Waals surface area contributed by atoms with E-state index in [-0.39, 0.29) is 23.5 Å². The molecule has 2 heterocycles. The van der Waals surface area contributed by atoms with Crippen molar-refractivity contribution in [1.29, 1.82) is 0 Å². The maximum Gasteiger partial charge on any atom is 0.345 e. The summed E-state index contributed by atoms with van der Waals surface area (Å²) in [6.45, 7) is 3.55. The molecule has 0 spiro atoms. The molecule has 0 bridgehead atoms. The zero-order valence-electron chi connectivity index (χ0n) is 10.8. The number of thioether (sulfide) groups is 1. The molecule has 1 N–H and O–H groups in total. The first-order valence-electron chi connectivity index (χ1n) is 5.88. The van der Waals surface area contributed by atoms with Crippen LogP contribution < -0.4 is 5.32 Å². The molecule has 1 aromatic carbocycles. The van der Waals surface area contributed by atoms with Gasteiger partial charge in [-0.05, 0) is 23.9 Å². The number of hydrogen-bond donors (Lipinski definition) is 1. The van der Waals surface area contributed by atoms with Crippen LogP contribution >= 0.6 is 11.8 Å². The number of amides is 1. The maximum absolute atomic E-state index is 11.3. The van der Waals surface area contributed by atoms with E-state index in [0.29, 0.717) is 15.6 Å². The van der Waals surface area contributed by atoms with E-state index in [0.717, 1.165) is 11.8 Å². The quantitative estimate of drug-likeness (QED) is 0.521. The van der Waals surface area contributed by atoms with Crippen LogP contribution in [0.25, 0.3) is 11.5 Å². The Hall–Kier alpha value is -3.01. The summed E-state index contributed by atoms with van der Waals surface area (Å²) in [6.07, 6.45) is 0. The molecule has 0 radical (unpaired) electrons. The molecule has 0 atom stereocenters. The van der Waals surface area contributed by atoms with Crippen molar-refractivity contribution in [1.82, 2.24) is 15.5 Å². The van der Waals surface area contributed by atoms with E-state index < -0.39 is 4.92 Å². The molecule has 22 heavy (non-hydrogen) atoms. The van der Waals surface area contributed by atoms with Gasteiger partial charge in [-0.2, -0.15) is 4.99 Å². The highest BCUT2D eigenvalue weighted by Gasteiger charge is 2.22. The van der Waals surface area contributed by atoms with Crippen LogP contribution in [-0.4, -0.2) is 26.2 Å². The van der Waals surface area contributed by atoms with Crippen molar-refractivity contribution in [3.05, 3.63) is 45.9 Å². The third-order valence-corrected chi connectivity index (χ3v) is 3.45. The molecule has 1 aromatic heterocycles. The molecule has 110 valence electrons. The highest BCUT2D eigenvalue weighted by Crippen LogP contribution is 2.26. The highest BCUT2D eigenvalue weighted by molar-refractivity contribution is 8.18. The van der Waals surface area contributed by atoms with Crippen molar-refractivity contribution >= 4 is 34.5 Å². The minimum absolute atomic E-state index is 0.0349. The summed E-state index contributed by atoms with van der Waals surface area (Å²) in [5.74, 6) is -0.152. The summed E-state index contributed by atoms with van der Waals surface area (Å²) < 4.78 is 5.33. The lowest BCUT2D eigenvalue weighted by molar-refractivity contribution is -0.384. The summed E-state index contributed by atoms with van der Waals surface area (Å²) in [6, 6.07) is 5.63. The van der Waals surface area contributed by atoms with E-state index in [2.05, 4.69) is 27.1 Å². The van der Waals surface area contributed by atoms with E-state index in [1.54, 1.807) is 0 Å². The lowest BCUT2D eigenvalue weighted by Gasteiger charge is -1.94. The number of nitrogens with zero attached hydrogens (tertiary/aromatic N) is 4. The first-order valence-corrected chi connectivity index (χ1v) is 6.70. The Morgan fingerprint density at radius 3 is 2.64 bits per heavy atom. The Bertz CT molecular complexity index is 793. The predicted molar refractivity (Wildman–Crippen MR) is 78.4 cm³/mol. The Morgan fingerprint density at radius 2 is 2.05 bits per heavy atom. The molecule has 2 aromatic rings. The maximum atomic E-state index is 11.3. The standard InChI is InChI=1S/C12H7N5O4S/c1-6-9(18)13-12(22-6)14-11-16-15-10(21-11)7-2-4-8(5-3-7)17(19)20/h2-5H,1H2,(H,13,14,16,18). The number of amidine groups is 1. The van der Waals surface area contributed by atoms with Crippen LogP contribution in [0, 0.1) is 10.1 Å². The molecular weight excluding hydrogens is 310 g/mol. The summed E-state index contributed by atoms with van der Waals surface area (Å²) in [5, 5.41) is 20.9. The summed E-state index contributed by atoms with van der Waals surface area (Å²) in [4.78, 5) is 25.7. The van der Waals surface area contributed by atoms with Gasteiger partial charge in [0.1, 0.15) is 0 Å². The van der Waals surface area contributed by atoms with Gasteiger partial charge >= 0.3 is 6.01 Å². The smallest absolute Gasteiger partial charge is 0.345 e. The second kappa shape index (κ2) is 5.41. The number of benzene rings is 1. The summed E-state index contributed by atoms with van der Waals surface area (Å²) in [5.41, 5.74) is 0.490. The number of carbonyl (C=O) groups is 1. The fraction of sp³-hybridized carbons (Fsp3) is 0. The number of aliphatic imine (C=N–C) groups is 1. The molecule has 1 fully saturated rings. The second-order valence-corrected chi connectivity index (χ2v) is 5.17. The minimum atomic E-state index is -0.498. The SMILES string of the molecule is C=C1S/C(=N/c2nnc(-c3ccc([N+](=O)[O-])cc3)o2)NC1=O. The van der Waals surface area contributed by atoms with E-state index in [4.69, 9.17) is 4.42 Å². The summed E-state index contributed by atoms with van der Waals surface area (Å²) >= 11 is 1.07. The van der Waals surface area contributed by atoms with Crippen LogP contribution in [0.5, 0.6) is 0 Å². The number of carbonyl (C=O) groups excluding carboxylic acids is 1. The van der Waals surface area contributed by atoms with Crippen molar-refractivity contribution in [3.8, 4) is 11.5 Å². The molecule has 0 unspecified atom stereocenters. The van der Waals surface area contributed by atoms with Gasteiger partial charge in [-0.15, -0.1) is 5.10 Å². The second-order valence-electron chi connectivity index (χ2n) is 4.09. The predicted octanol–water partition coefficient (Wildman–Crippen LogP) is 2.01. The van der Waals surface area contributed by atoms with Gasteiger partial charge in [-0.25, -0.2) is 0 Å². The van der Waals surface area contributed by atoms with Gasteiger partial charge < -0.3 is 9.73 Å². The zero-order valence-corrected chi connectivity index (χ0v) is 11.7. The fourth-order valence-corrected chi connectivity index (χ4v) is 2.24. The number of hydrogen-bond acceptors (Lipinski definition) is 8. The van der Waals surface area contributed by atoms with Gasteiger partial charge in [0.05, 0.1) is 9.83 Å². The van der Waals surface area contributed by atoms with Gasteiger partial charge in [-0.3, -0.25) is 14.9 Å². The number of non-ortho nitro benzene ring substituents is 1. The van der Waals surface area contributed by atoms with E-state index >= 15 is 0 Å². The number of nitro groups is 1. The Balaban J connectivity index is 1.82. The van der Waals surface area contributed by atoms with Crippen molar-refractivity contribution in [2.75, 3.05) is 0 Å². The first kappa shape index (κ1) is 13.9. The van der Waals surface area contributed by atoms with Crippen LogP contribution in [-0.2, 0) is 4.79 Å². The molecule has 3 rings (SSSR count). The van der Waals surface area contributed by atoms with Crippen LogP contribution in [0.1, 0.15) is 0 Å². The molecular formula is C12H7N5O4S. The third kappa shape index (κ3) is 2.72. The lowest BCUT2D eigenvalue weighted by Crippen LogP contribution is -2.19. The van der Waals surface area contributed by atoms with Gasteiger partial charge in [0.15, 0.2) is 5.17 Å². The van der Waals surface area contributed by atoms with Crippen LogP contribution in [0.4, 0.5) is 11.7 Å². The molecule has 1 aliphatic rings. The van der Waals surface area contributed by atoms with Crippen molar-refractivity contribution < 1.29 is 14.1 Å². The van der Waals surface area contributed by atoms with E-state index in [9.17, 15) is 14.9 Å². The topological polar surface area (TPSA) is 124 Å². The lowest BCUT2D eigenvalue weighted by atomic mass is 10.2. The van der Waals surface area contributed by atoms with Gasteiger partial charge in [0.25, 0.3) is 11.6 Å². The molecule has 1 aliphatic heterocycles. The molecule has 0 aliphatic carbocycles.